The highest BCUT2D eigenvalue weighted by Gasteiger charge is 2.45. The SMILES string of the molecule is O=C1C2CCCCCN2C(=O)N1c1ccc(F)cc1. The number of anilines is 1. The van der Waals surface area contributed by atoms with Gasteiger partial charge in [-0.15, -0.1) is 0 Å². The Labute approximate surface area is 110 Å². The van der Waals surface area contributed by atoms with E-state index in [1.165, 1.54) is 29.2 Å². The molecule has 1 atom stereocenters. The molecular weight excluding hydrogens is 247 g/mol. The number of amides is 3. The van der Waals surface area contributed by atoms with Crippen molar-refractivity contribution in [2.75, 3.05) is 11.4 Å². The van der Waals surface area contributed by atoms with Gasteiger partial charge in [-0.3, -0.25) is 4.79 Å². The summed E-state index contributed by atoms with van der Waals surface area (Å²) in [6, 6.07) is 4.86. The molecule has 0 saturated carbocycles. The second-order valence-corrected chi connectivity index (χ2v) is 4.99. The van der Waals surface area contributed by atoms with E-state index in [1.54, 1.807) is 4.90 Å². The van der Waals surface area contributed by atoms with Gasteiger partial charge in [-0.05, 0) is 37.1 Å². The van der Waals surface area contributed by atoms with Crippen molar-refractivity contribution in [1.82, 2.24) is 4.90 Å². The standard InChI is InChI=1S/C14H15FN2O2/c15-10-5-7-11(8-6-10)17-13(18)12-4-2-1-3-9-16(12)14(17)19/h5-8,12H,1-4,9H2. The average Bonchev–Trinajstić information content (AvgIpc) is 2.61. The van der Waals surface area contributed by atoms with Gasteiger partial charge >= 0.3 is 6.03 Å². The molecule has 0 radical (unpaired) electrons. The molecule has 100 valence electrons. The van der Waals surface area contributed by atoms with Crippen molar-refractivity contribution in [2.24, 2.45) is 0 Å². The lowest BCUT2D eigenvalue weighted by atomic mass is 10.1. The Morgan fingerprint density at radius 1 is 1.05 bits per heavy atom. The summed E-state index contributed by atoms with van der Waals surface area (Å²) in [7, 11) is 0. The third-order valence-electron chi connectivity index (χ3n) is 3.78. The summed E-state index contributed by atoms with van der Waals surface area (Å²) < 4.78 is 12.9. The van der Waals surface area contributed by atoms with Crippen LogP contribution in [-0.4, -0.2) is 29.4 Å². The van der Waals surface area contributed by atoms with Crippen molar-refractivity contribution in [3.63, 3.8) is 0 Å². The van der Waals surface area contributed by atoms with Crippen molar-refractivity contribution in [2.45, 2.75) is 31.7 Å². The third kappa shape index (κ3) is 1.99. The quantitative estimate of drug-likeness (QED) is 0.730. The fourth-order valence-electron chi connectivity index (χ4n) is 2.79. The summed E-state index contributed by atoms with van der Waals surface area (Å²) >= 11 is 0. The molecule has 0 N–H and O–H groups in total. The van der Waals surface area contributed by atoms with Gasteiger partial charge in [-0.25, -0.2) is 14.1 Å². The Balaban J connectivity index is 1.93. The van der Waals surface area contributed by atoms with Crippen molar-refractivity contribution >= 4 is 17.6 Å². The van der Waals surface area contributed by atoms with E-state index in [-0.39, 0.29) is 23.8 Å². The molecule has 0 spiro atoms. The topological polar surface area (TPSA) is 40.6 Å². The Hall–Kier alpha value is -1.91. The van der Waals surface area contributed by atoms with E-state index in [0.29, 0.717) is 12.2 Å². The fraction of sp³-hybridized carbons (Fsp3) is 0.429. The van der Waals surface area contributed by atoms with Crippen LogP contribution in [0.25, 0.3) is 0 Å². The molecular formula is C14H15FN2O2. The summed E-state index contributed by atoms with van der Waals surface area (Å²) in [4.78, 5) is 27.5. The van der Waals surface area contributed by atoms with E-state index in [0.717, 1.165) is 25.7 Å². The highest BCUT2D eigenvalue weighted by Crippen LogP contribution is 2.30. The second kappa shape index (κ2) is 4.64. The van der Waals surface area contributed by atoms with Crippen molar-refractivity contribution in [3.8, 4) is 0 Å². The maximum atomic E-state index is 12.9. The number of carbonyl (C=O) groups excluding carboxylic acids is 2. The molecule has 1 aromatic rings. The summed E-state index contributed by atoms with van der Waals surface area (Å²) in [5.74, 6) is -0.559. The number of imide groups is 1. The monoisotopic (exact) mass is 262 g/mol. The van der Waals surface area contributed by atoms with E-state index in [1.807, 2.05) is 0 Å². The second-order valence-electron chi connectivity index (χ2n) is 4.99. The molecule has 0 aliphatic carbocycles. The van der Waals surface area contributed by atoms with Gasteiger partial charge in [-0.1, -0.05) is 12.8 Å². The highest BCUT2D eigenvalue weighted by molar-refractivity contribution is 6.21. The molecule has 5 heteroatoms. The first-order valence-corrected chi connectivity index (χ1v) is 6.58. The molecule has 0 bridgehead atoms. The minimum absolute atomic E-state index is 0.182. The van der Waals surface area contributed by atoms with E-state index in [4.69, 9.17) is 0 Å². The van der Waals surface area contributed by atoms with Crippen LogP contribution in [0.5, 0.6) is 0 Å². The first kappa shape index (κ1) is 12.1. The van der Waals surface area contributed by atoms with Gasteiger partial charge in [0, 0.05) is 6.54 Å². The number of urea groups is 1. The molecule has 2 heterocycles. The number of fused-ring (bicyclic) bond motifs is 1. The fourth-order valence-corrected chi connectivity index (χ4v) is 2.79. The van der Waals surface area contributed by atoms with E-state index in [2.05, 4.69) is 0 Å². The van der Waals surface area contributed by atoms with Crippen LogP contribution < -0.4 is 4.90 Å². The van der Waals surface area contributed by atoms with Gasteiger partial charge in [-0.2, -0.15) is 0 Å². The Morgan fingerprint density at radius 3 is 2.53 bits per heavy atom. The molecule has 3 amide bonds. The van der Waals surface area contributed by atoms with Crippen molar-refractivity contribution in [1.29, 1.82) is 0 Å². The maximum absolute atomic E-state index is 12.9. The van der Waals surface area contributed by atoms with Gasteiger partial charge in [0.25, 0.3) is 5.91 Å². The number of halogens is 1. The van der Waals surface area contributed by atoms with Gasteiger partial charge in [0.2, 0.25) is 0 Å². The van der Waals surface area contributed by atoms with Crippen LogP contribution in [0, 0.1) is 5.82 Å². The number of benzene rings is 1. The summed E-state index contributed by atoms with van der Waals surface area (Å²) in [6.07, 6.45) is 3.69. The molecule has 0 aromatic heterocycles. The van der Waals surface area contributed by atoms with Crippen LogP contribution >= 0.6 is 0 Å². The van der Waals surface area contributed by atoms with Crippen LogP contribution in [0.2, 0.25) is 0 Å². The van der Waals surface area contributed by atoms with E-state index < -0.39 is 0 Å². The normalized spacial score (nSPS) is 23.5. The Bertz CT molecular complexity index is 491. The van der Waals surface area contributed by atoms with Crippen molar-refractivity contribution in [3.05, 3.63) is 30.1 Å². The minimum Gasteiger partial charge on any atom is -0.312 e. The minimum atomic E-state index is -0.377. The third-order valence-corrected chi connectivity index (χ3v) is 3.78. The Kier molecular flexibility index (Phi) is 2.97. The lowest BCUT2D eigenvalue weighted by Gasteiger charge is -2.18. The molecule has 2 fully saturated rings. The van der Waals surface area contributed by atoms with Gasteiger partial charge in [0.05, 0.1) is 5.69 Å². The number of carbonyl (C=O) groups is 2. The predicted molar refractivity (Wildman–Crippen MR) is 68.2 cm³/mol. The smallest absolute Gasteiger partial charge is 0.312 e. The van der Waals surface area contributed by atoms with Gasteiger partial charge < -0.3 is 4.90 Å². The largest absolute Gasteiger partial charge is 0.332 e. The van der Waals surface area contributed by atoms with Crippen LogP contribution in [0.3, 0.4) is 0 Å². The molecule has 2 aliphatic heterocycles. The molecule has 4 nitrogen and oxygen atoms in total. The summed E-state index contributed by atoms with van der Waals surface area (Å²) in [5, 5.41) is 0. The molecule has 2 aliphatic rings. The first-order valence-electron chi connectivity index (χ1n) is 6.58. The lowest BCUT2D eigenvalue weighted by Crippen LogP contribution is -2.34. The van der Waals surface area contributed by atoms with Gasteiger partial charge in [0.15, 0.2) is 0 Å². The van der Waals surface area contributed by atoms with Crippen LogP contribution in [0.15, 0.2) is 24.3 Å². The Morgan fingerprint density at radius 2 is 1.79 bits per heavy atom. The van der Waals surface area contributed by atoms with Crippen LogP contribution in [0.1, 0.15) is 25.7 Å². The number of hydrogen-bond acceptors (Lipinski definition) is 2. The first-order chi connectivity index (χ1) is 9.18. The molecule has 1 aromatic carbocycles. The summed E-state index contributed by atoms with van der Waals surface area (Å²) in [6.45, 7) is 0.632. The van der Waals surface area contributed by atoms with Crippen molar-refractivity contribution < 1.29 is 14.0 Å². The average molecular weight is 262 g/mol. The molecule has 19 heavy (non-hydrogen) atoms. The summed E-state index contributed by atoms with van der Waals surface area (Å²) in [5.41, 5.74) is 0.449. The van der Waals surface area contributed by atoms with Crippen LogP contribution in [-0.2, 0) is 4.79 Å². The molecule has 1 unspecified atom stereocenters. The molecule has 3 rings (SSSR count). The number of hydrogen-bond donors (Lipinski definition) is 0. The highest BCUT2D eigenvalue weighted by atomic mass is 19.1. The predicted octanol–water partition coefficient (Wildman–Crippen LogP) is 2.54. The zero-order valence-corrected chi connectivity index (χ0v) is 10.5. The van der Waals surface area contributed by atoms with Gasteiger partial charge in [0.1, 0.15) is 11.9 Å². The number of nitrogens with zero attached hydrogens (tertiary/aromatic N) is 2. The zero-order valence-electron chi connectivity index (χ0n) is 10.5. The molecule has 2 saturated heterocycles. The van der Waals surface area contributed by atoms with E-state index in [9.17, 15) is 14.0 Å². The van der Waals surface area contributed by atoms with E-state index >= 15 is 0 Å². The number of rotatable bonds is 1. The zero-order chi connectivity index (χ0) is 13.4. The lowest BCUT2D eigenvalue weighted by molar-refractivity contribution is -0.119. The maximum Gasteiger partial charge on any atom is 0.332 e. The van der Waals surface area contributed by atoms with Crippen LogP contribution in [0.4, 0.5) is 14.9 Å².